The van der Waals surface area contributed by atoms with E-state index in [1.807, 2.05) is 0 Å². The second kappa shape index (κ2) is 14.9. The molecule has 0 aromatic carbocycles. The van der Waals surface area contributed by atoms with Crippen LogP contribution < -0.4 is 0 Å². The molecule has 120 valence electrons. The van der Waals surface area contributed by atoms with Gasteiger partial charge in [-0.25, -0.2) is 0 Å². The predicted molar refractivity (Wildman–Crippen MR) is 86.9 cm³/mol. The lowest BCUT2D eigenvalue weighted by Gasteiger charge is -2.16. The standard InChI is InChI=1S/C18H36O2/c1-4-7-10-13-17(14-11-8-5-2)16-18(19)20-15-12-9-6-3/h17H,4-16H2,1-3H3. The number of ether oxygens (including phenoxy) is 1. The van der Waals surface area contributed by atoms with Crippen LogP contribution in [0, 0.1) is 5.92 Å². The number of hydrogen-bond acceptors (Lipinski definition) is 2. The van der Waals surface area contributed by atoms with Crippen LogP contribution >= 0.6 is 0 Å². The second-order valence-electron chi connectivity index (χ2n) is 5.99. The van der Waals surface area contributed by atoms with E-state index in [-0.39, 0.29) is 5.97 Å². The van der Waals surface area contributed by atoms with Gasteiger partial charge in [0.05, 0.1) is 6.61 Å². The van der Waals surface area contributed by atoms with Gasteiger partial charge in [-0.15, -0.1) is 0 Å². The van der Waals surface area contributed by atoms with Crippen molar-refractivity contribution in [2.75, 3.05) is 6.61 Å². The topological polar surface area (TPSA) is 26.3 Å². The molecule has 0 aliphatic heterocycles. The van der Waals surface area contributed by atoms with Crippen molar-refractivity contribution in [1.82, 2.24) is 0 Å². The Morgan fingerprint density at radius 2 is 1.30 bits per heavy atom. The highest BCUT2D eigenvalue weighted by molar-refractivity contribution is 5.69. The van der Waals surface area contributed by atoms with E-state index < -0.39 is 0 Å². The lowest BCUT2D eigenvalue weighted by atomic mass is 9.92. The van der Waals surface area contributed by atoms with Crippen molar-refractivity contribution in [3.63, 3.8) is 0 Å². The first-order valence-corrected chi connectivity index (χ1v) is 8.90. The average Bonchev–Trinajstić information content (AvgIpc) is 2.44. The molecule has 2 nitrogen and oxygen atoms in total. The molecule has 0 heterocycles. The summed E-state index contributed by atoms with van der Waals surface area (Å²) in [4.78, 5) is 11.9. The fraction of sp³-hybridized carbons (Fsp3) is 0.944. The van der Waals surface area contributed by atoms with Gasteiger partial charge >= 0.3 is 5.97 Å². The molecule has 0 aliphatic carbocycles. The maximum atomic E-state index is 11.9. The van der Waals surface area contributed by atoms with Crippen LogP contribution in [0.3, 0.4) is 0 Å². The summed E-state index contributed by atoms with van der Waals surface area (Å²) in [7, 11) is 0. The third kappa shape index (κ3) is 12.5. The van der Waals surface area contributed by atoms with Crippen molar-refractivity contribution in [3.8, 4) is 0 Å². The minimum Gasteiger partial charge on any atom is -0.466 e. The zero-order valence-electron chi connectivity index (χ0n) is 14.1. The van der Waals surface area contributed by atoms with Gasteiger partial charge in [-0.3, -0.25) is 4.79 Å². The molecule has 0 spiro atoms. The zero-order valence-corrected chi connectivity index (χ0v) is 14.1. The molecule has 0 atom stereocenters. The normalized spacial score (nSPS) is 11.0. The Labute approximate surface area is 126 Å². The molecule has 0 rings (SSSR count). The third-order valence-electron chi connectivity index (χ3n) is 3.90. The maximum absolute atomic E-state index is 11.9. The Hall–Kier alpha value is -0.530. The van der Waals surface area contributed by atoms with Crippen LogP contribution in [0.25, 0.3) is 0 Å². The fourth-order valence-corrected chi connectivity index (χ4v) is 2.55. The Morgan fingerprint density at radius 1 is 0.800 bits per heavy atom. The largest absolute Gasteiger partial charge is 0.466 e. The first-order chi connectivity index (χ1) is 9.74. The quantitative estimate of drug-likeness (QED) is 0.294. The lowest BCUT2D eigenvalue weighted by molar-refractivity contribution is -0.145. The van der Waals surface area contributed by atoms with E-state index in [0.717, 1.165) is 12.8 Å². The van der Waals surface area contributed by atoms with Crippen molar-refractivity contribution in [2.24, 2.45) is 5.92 Å². The summed E-state index contributed by atoms with van der Waals surface area (Å²) in [5.41, 5.74) is 0. The summed E-state index contributed by atoms with van der Waals surface area (Å²) < 4.78 is 5.35. The first kappa shape index (κ1) is 19.5. The predicted octanol–water partition coefficient (Wildman–Crippen LogP) is 5.89. The third-order valence-corrected chi connectivity index (χ3v) is 3.90. The molecule has 0 amide bonds. The molecule has 0 aromatic rings. The van der Waals surface area contributed by atoms with E-state index in [1.54, 1.807) is 0 Å². The number of esters is 1. The Balaban J connectivity index is 3.88. The minimum atomic E-state index is 0.0269. The van der Waals surface area contributed by atoms with Gasteiger partial charge in [0, 0.05) is 6.42 Å². The Morgan fingerprint density at radius 3 is 1.80 bits per heavy atom. The van der Waals surface area contributed by atoms with Crippen LogP contribution in [0.5, 0.6) is 0 Å². The van der Waals surface area contributed by atoms with Crippen LogP contribution in [0.2, 0.25) is 0 Å². The van der Waals surface area contributed by atoms with Gasteiger partial charge < -0.3 is 4.74 Å². The van der Waals surface area contributed by atoms with Crippen molar-refractivity contribution in [3.05, 3.63) is 0 Å². The van der Waals surface area contributed by atoms with Gasteiger partial charge in [-0.2, -0.15) is 0 Å². The molecule has 0 aromatic heterocycles. The molecule has 0 bridgehead atoms. The van der Waals surface area contributed by atoms with E-state index in [0.29, 0.717) is 18.9 Å². The molecule has 0 radical (unpaired) electrons. The number of hydrogen-bond donors (Lipinski definition) is 0. The summed E-state index contributed by atoms with van der Waals surface area (Å²) in [5.74, 6) is 0.575. The van der Waals surface area contributed by atoms with Crippen LogP contribution in [0.1, 0.15) is 97.8 Å². The number of rotatable bonds is 14. The summed E-state index contributed by atoms with van der Waals surface area (Å²) >= 11 is 0. The van der Waals surface area contributed by atoms with E-state index in [2.05, 4.69) is 20.8 Å². The van der Waals surface area contributed by atoms with E-state index in [4.69, 9.17) is 4.74 Å². The molecule has 2 heteroatoms. The maximum Gasteiger partial charge on any atom is 0.306 e. The Kier molecular flexibility index (Phi) is 14.5. The monoisotopic (exact) mass is 284 g/mol. The lowest BCUT2D eigenvalue weighted by Crippen LogP contribution is -2.13. The number of unbranched alkanes of at least 4 members (excludes halogenated alkanes) is 6. The highest BCUT2D eigenvalue weighted by atomic mass is 16.5. The van der Waals surface area contributed by atoms with Gasteiger partial charge in [-0.05, 0) is 25.2 Å². The fourth-order valence-electron chi connectivity index (χ4n) is 2.55. The Bertz CT molecular complexity index is 203. The molecule has 0 saturated carbocycles. The van der Waals surface area contributed by atoms with E-state index in [1.165, 1.54) is 57.8 Å². The molecular formula is C18H36O2. The van der Waals surface area contributed by atoms with Crippen molar-refractivity contribution < 1.29 is 9.53 Å². The van der Waals surface area contributed by atoms with Gasteiger partial charge in [-0.1, -0.05) is 72.1 Å². The summed E-state index contributed by atoms with van der Waals surface area (Å²) in [6.45, 7) is 7.24. The average molecular weight is 284 g/mol. The van der Waals surface area contributed by atoms with Crippen LogP contribution in [0.15, 0.2) is 0 Å². The van der Waals surface area contributed by atoms with Crippen LogP contribution in [0.4, 0.5) is 0 Å². The molecule has 20 heavy (non-hydrogen) atoms. The smallest absolute Gasteiger partial charge is 0.306 e. The molecule has 0 aliphatic rings. The van der Waals surface area contributed by atoms with Crippen LogP contribution in [-0.2, 0) is 9.53 Å². The highest BCUT2D eigenvalue weighted by Crippen LogP contribution is 2.21. The van der Waals surface area contributed by atoms with Gasteiger partial charge in [0.15, 0.2) is 0 Å². The molecule has 0 N–H and O–H groups in total. The second-order valence-corrected chi connectivity index (χ2v) is 5.99. The minimum absolute atomic E-state index is 0.0269. The molecule has 0 unspecified atom stereocenters. The highest BCUT2D eigenvalue weighted by Gasteiger charge is 2.14. The van der Waals surface area contributed by atoms with E-state index >= 15 is 0 Å². The van der Waals surface area contributed by atoms with Crippen LogP contribution in [-0.4, -0.2) is 12.6 Å². The van der Waals surface area contributed by atoms with Gasteiger partial charge in [0.25, 0.3) is 0 Å². The summed E-state index contributed by atoms with van der Waals surface area (Å²) in [5, 5.41) is 0. The van der Waals surface area contributed by atoms with E-state index in [9.17, 15) is 4.79 Å². The van der Waals surface area contributed by atoms with Gasteiger partial charge in [0.1, 0.15) is 0 Å². The number of carbonyl (C=O) groups excluding carboxylic acids is 1. The van der Waals surface area contributed by atoms with Gasteiger partial charge in [0.2, 0.25) is 0 Å². The van der Waals surface area contributed by atoms with Crippen molar-refractivity contribution >= 4 is 5.97 Å². The zero-order chi connectivity index (χ0) is 15.1. The summed E-state index contributed by atoms with van der Waals surface area (Å²) in [6.07, 6.45) is 14.0. The molecule has 0 saturated heterocycles. The summed E-state index contributed by atoms with van der Waals surface area (Å²) in [6, 6.07) is 0. The SMILES string of the molecule is CCCCCOC(=O)CC(CCCCC)CCCCC. The number of carbonyl (C=O) groups is 1. The molecular weight excluding hydrogens is 248 g/mol. The van der Waals surface area contributed by atoms with Crippen molar-refractivity contribution in [2.45, 2.75) is 97.8 Å². The molecule has 0 fully saturated rings. The van der Waals surface area contributed by atoms with Crippen molar-refractivity contribution in [1.29, 1.82) is 0 Å². The first-order valence-electron chi connectivity index (χ1n) is 8.90.